The Kier molecular flexibility index (Phi) is 3.79. The van der Waals surface area contributed by atoms with Gasteiger partial charge in [-0.25, -0.2) is 0 Å². The van der Waals surface area contributed by atoms with Crippen molar-refractivity contribution in [1.82, 2.24) is 5.32 Å². The van der Waals surface area contributed by atoms with E-state index in [4.69, 9.17) is 4.74 Å². The molecule has 1 atom stereocenters. The van der Waals surface area contributed by atoms with Crippen molar-refractivity contribution in [2.24, 2.45) is 0 Å². The maximum absolute atomic E-state index is 11.3. The molecule has 4 nitrogen and oxygen atoms in total. The topological polar surface area (TPSA) is 41.6 Å². The van der Waals surface area contributed by atoms with Gasteiger partial charge in [0.1, 0.15) is 5.75 Å². The van der Waals surface area contributed by atoms with Crippen LogP contribution in [0.1, 0.15) is 18.4 Å². The van der Waals surface area contributed by atoms with E-state index in [0.29, 0.717) is 6.42 Å². The number of piperidine rings is 1. The van der Waals surface area contributed by atoms with Crippen molar-refractivity contribution in [3.63, 3.8) is 0 Å². The van der Waals surface area contributed by atoms with Crippen molar-refractivity contribution in [3.05, 3.63) is 36.0 Å². The lowest BCUT2D eigenvalue weighted by Gasteiger charge is -2.35. The highest BCUT2D eigenvalue weighted by atomic mass is 16.5. The normalized spacial score (nSPS) is 19.0. The van der Waals surface area contributed by atoms with Crippen molar-refractivity contribution >= 4 is 11.6 Å². The van der Waals surface area contributed by atoms with E-state index in [0.717, 1.165) is 29.1 Å². The molecular formula is C15H20N2O2. The number of likely N-dealkylation sites (N-methyl/N-ethyl adjacent to an activating group) is 1. The van der Waals surface area contributed by atoms with Gasteiger partial charge in [-0.3, -0.25) is 4.79 Å². The summed E-state index contributed by atoms with van der Waals surface area (Å²) in [4.78, 5) is 13.5. The summed E-state index contributed by atoms with van der Waals surface area (Å²) in [6.45, 7) is 6.01. The molecule has 0 spiro atoms. The molecule has 2 rings (SSSR count). The number of carbonyl (C=O) groups excluding carboxylic acids is 1. The number of hydrogen-bond acceptors (Lipinski definition) is 3. The minimum Gasteiger partial charge on any atom is -0.497 e. The lowest BCUT2D eigenvalue weighted by molar-refractivity contribution is -0.121. The van der Waals surface area contributed by atoms with Gasteiger partial charge in [0.05, 0.1) is 13.2 Å². The van der Waals surface area contributed by atoms with Gasteiger partial charge in [-0.15, -0.1) is 0 Å². The molecule has 0 aliphatic carbocycles. The van der Waals surface area contributed by atoms with E-state index in [1.54, 1.807) is 7.11 Å². The molecule has 1 N–H and O–H groups in total. The minimum absolute atomic E-state index is 0.0566. The maximum Gasteiger partial charge on any atom is 0.224 e. The molecule has 102 valence electrons. The predicted molar refractivity (Wildman–Crippen MR) is 76.4 cm³/mol. The highest BCUT2D eigenvalue weighted by Gasteiger charge is 2.26. The van der Waals surface area contributed by atoms with Gasteiger partial charge in [0.15, 0.2) is 0 Å². The van der Waals surface area contributed by atoms with Crippen LogP contribution in [0.15, 0.2) is 30.5 Å². The number of nitrogens with zero attached hydrogens (tertiary/aromatic N) is 1. The van der Waals surface area contributed by atoms with Gasteiger partial charge in [0.2, 0.25) is 5.91 Å². The Morgan fingerprint density at radius 1 is 1.47 bits per heavy atom. The molecule has 1 aliphatic heterocycles. The summed E-state index contributed by atoms with van der Waals surface area (Å²) in [6.07, 6.45) is 1.34. The second kappa shape index (κ2) is 5.34. The van der Waals surface area contributed by atoms with Crippen molar-refractivity contribution in [2.45, 2.75) is 25.8 Å². The van der Waals surface area contributed by atoms with E-state index in [-0.39, 0.29) is 11.9 Å². The molecule has 0 aromatic heterocycles. The van der Waals surface area contributed by atoms with E-state index < -0.39 is 0 Å². The van der Waals surface area contributed by atoms with Crippen LogP contribution in [-0.4, -0.2) is 26.1 Å². The SMILES string of the molecule is C=C1NC(=O)CCC1N(C)c1ccc(OC)cc1C. The third-order valence-corrected chi connectivity index (χ3v) is 3.60. The quantitative estimate of drug-likeness (QED) is 0.906. The van der Waals surface area contributed by atoms with Crippen LogP contribution >= 0.6 is 0 Å². The van der Waals surface area contributed by atoms with Crippen LogP contribution in [0.2, 0.25) is 0 Å². The zero-order valence-corrected chi connectivity index (χ0v) is 11.7. The summed E-state index contributed by atoms with van der Waals surface area (Å²) in [5, 5.41) is 2.82. The number of nitrogens with one attached hydrogen (secondary N) is 1. The van der Waals surface area contributed by atoms with Crippen LogP contribution in [0, 0.1) is 6.92 Å². The Bertz CT molecular complexity index is 511. The highest BCUT2D eigenvalue weighted by molar-refractivity contribution is 5.79. The highest BCUT2D eigenvalue weighted by Crippen LogP contribution is 2.28. The molecule has 1 aromatic carbocycles. The summed E-state index contributed by atoms with van der Waals surface area (Å²) in [5.41, 5.74) is 3.05. The number of amides is 1. The molecule has 1 heterocycles. The number of ether oxygens (including phenoxy) is 1. The van der Waals surface area contributed by atoms with Gasteiger partial charge in [-0.1, -0.05) is 6.58 Å². The third-order valence-electron chi connectivity index (χ3n) is 3.60. The van der Waals surface area contributed by atoms with Crippen LogP contribution in [0.4, 0.5) is 5.69 Å². The zero-order chi connectivity index (χ0) is 14.0. The Morgan fingerprint density at radius 2 is 2.21 bits per heavy atom. The van der Waals surface area contributed by atoms with Crippen LogP contribution in [-0.2, 0) is 4.79 Å². The molecule has 4 heteroatoms. The summed E-state index contributed by atoms with van der Waals surface area (Å²) in [5.74, 6) is 0.909. The van der Waals surface area contributed by atoms with Gasteiger partial charge in [0, 0.05) is 24.9 Å². The number of hydrogen-bond donors (Lipinski definition) is 1. The standard InChI is InChI=1S/C15H20N2O2/c1-10-9-12(19-4)5-6-13(10)17(3)14-7-8-15(18)16-11(14)2/h5-6,9,14H,2,7-8H2,1,3-4H3,(H,16,18). The first-order valence-electron chi connectivity index (χ1n) is 6.39. The average Bonchev–Trinajstić information content (AvgIpc) is 2.37. The first-order chi connectivity index (χ1) is 9.02. The van der Waals surface area contributed by atoms with Crippen LogP contribution in [0.25, 0.3) is 0 Å². The number of benzene rings is 1. The molecule has 1 aromatic rings. The van der Waals surface area contributed by atoms with Gasteiger partial charge in [0.25, 0.3) is 0 Å². The van der Waals surface area contributed by atoms with Crippen molar-refractivity contribution in [2.75, 3.05) is 19.1 Å². The van der Waals surface area contributed by atoms with E-state index in [1.165, 1.54) is 0 Å². The molecule has 0 bridgehead atoms. The molecule has 1 aliphatic rings. The van der Waals surface area contributed by atoms with Gasteiger partial charge < -0.3 is 15.0 Å². The summed E-state index contributed by atoms with van der Waals surface area (Å²) in [7, 11) is 3.69. The fourth-order valence-corrected chi connectivity index (χ4v) is 2.51. The fourth-order valence-electron chi connectivity index (χ4n) is 2.51. The van der Waals surface area contributed by atoms with Crippen molar-refractivity contribution in [3.8, 4) is 5.75 Å². The second-order valence-corrected chi connectivity index (χ2v) is 4.89. The molecule has 0 saturated carbocycles. The molecule has 1 amide bonds. The number of carbonyl (C=O) groups is 1. The molecule has 19 heavy (non-hydrogen) atoms. The van der Waals surface area contributed by atoms with E-state index in [1.807, 2.05) is 25.2 Å². The summed E-state index contributed by atoms with van der Waals surface area (Å²) >= 11 is 0. The molecular weight excluding hydrogens is 240 g/mol. The predicted octanol–water partition coefficient (Wildman–Crippen LogP) is 2.23. The van der Waals surface area contributed by atoms with E-state index >= 15 is 0 Å². The Labute approximate surface area is 114 Å². The number of aryl methyl sites for hydroxylation is 1. The molecule has 1 unspecified atom stereocenters. The maximum atomic E-state index is 11.3. The van der Waals surface area contributed by atoms with Crippen molar-refractivity contribution < 1.29 is 9.53 Å². The van der Waals surface area contributed by atoms with Gasteiger partial charge in [-0.2, -0.15) is 0 Å². The van der Waals surface area contributed by atoms with E-state index in [9.17, 15) is 4.79 Å². The smallest absolute Gasteiger partial charge is 0.224 e. The first-order valence-corrected chi connectivity index (χ1v) is 6.39. The van der Waals surface area contributed by atoms with Crippen LogP contribution < -0.4 is 15.0 Å². The molecule has 1 saturated heterocycles. The molecule has 1 fully saturated rings. The Morgan fingerprint density at radius 3 is 2.79 bits per heavy atom. The molecule has 0 radical (unpaired) electrons. The number of methoxy groups -OCH3 is 1. The monoisotopic (exact) mass is 260 g/mol. The van der Waals surface area contributed by atoms with E-state index in [2.05, 4.69) is 23.7 Å². The first kappa shape index (κ1) is 13.5. The minimum atomic E-state index is 0.0566. The summed E-state index contributed by atoms with van der Waals surface area (Å²) < 4.78 is 5.22. The number of anilines is 1. The Hall–Kier alpha value is -1.97. The van der Waals surface area contributed by atoms with Crippen LogP contribution in [0.3, 0.4) is 0 Å². The third kappa shape index (κ3) is 2.72. The van der Waals surface area contributed by atoms with Gasteiger partial charge in [-0.05, 0) is 37.1 Å². The fraction of sp³-hybridized carbons (Fsp3) is 0.400. The largest absolute Gasteiger partial charge is 0.497 e. The lowest BCUT2D eigenvalue weighted by Crippen LogP contribution is -2.44. The van der Waals surface area contributed by atoms with Crippen molar-refractivity contribution in [1.29, 1.82) is 0 Å². The lowest BCUT2D eigenvalue weighted by atomic mass is 10.0. The number of rotatable bonds is 3. The Balaban J connectivity index is 2.21. The second-order valence-electron chi connectivity index (χ2n) is 4.89. The van der Waals surface area contributed by atoms with Crippen LogP contribution in [0.5, 0.6) is 5.75 Å². The zero-order valence-electron chi connectivity index (χ0n) is 11.7. The van der Waals surface area contributed by atoms with Gasteiger partial charge >= 0.3 is 0 Å². The summed E-state index contributed by atoms with van der Waals surface area (Å²) in [6, 6.07) is 6.14. The average molecular weight is 260 g/mol.